The summed E-state index contributed by atoms with van der Waals surface area (Å²) in [6, 6.07) is 7.84. The molecule has 2 heterocycles. The largest absolute Gasteiger partial charge is 0.454 e. The van der Waals surface area contributed by atoms with Crippen LogP contribution in [-0.4, -0.2) is 41.5 Å². The number of amides is 2. The molecule has 7 heteroatoms. The molecule has 0 saturated heterocycles. The molecule has 0 radical (unpaired) electrons. The quantitative estimate of drug-likeness (QED) is 0.537. The third-order valence-corrected chi connectivity index (χ3v) is 6.68. The molecule has 31 heavy (non-hydrogen) atoms. The van der Waals surface area contributed by atoms with Gasteiger partial charge in [0.15, 0.2) is 11.5 Å². The van der Waals surface area contributed by atoms with Gasteiger partial charge in [0, 0.05) is 24.4 Å². The van der Waals surface area contributed by atoms with E-state index >= 15 is 0 Å². The molecule has 0 aliphatic carbocycles. The molecule has 1 aromatic heterocycles. The molecule has 0 bridgehead atoms. The minimum atomic E-state index is -0.0458. The minimum absolute atomic E-state index is 0.0176. The Morgan fingerprint density at radius 3 is 2.52 bits per heavy atom. The second-order valence-corrected chi connectivity index (χ2v) is 9.11. The number of hydrogen-bond donors (Lipinski definition) is 0. The van der Waals surface area contributed by atoms with Gasteiger partial charge < -0.3 is 19.3 Å². The first-order valence-corrected chi connectivity index (χ1v) is 11.8. The molecule has 6 nitrogen and oxygen atoms in total. The number of ether oxygens (including phenoxy) is 2. The highest BCUT2D eigenvalue weighted by atomic mass is 32.1. The van der Waals surface area contributed by atoms with Crippen LogP contribution < -0.4 is 9.47 Å². The Hall–Kier alpha value is -2.54. The van der Waals surface area contributed by atoms with E-state index in [2.05, 4.69) is 26.8 Å². The molecule has 0 fully saturated rings. The van der Waals surface area contributed by atoms with E-state index in [1.807, 2.05) is 35.4 Å². The number of nitrogens with zero attached hydrogens (tertiary/aromatic N) is 2. The summed E-state index contributed by atoms with van der Waals surface area (Å²) in [5.41, 5.74) is 2.15. The van der Waals surface area contributed by atoms with Crippen molar-refractivity contribution in [3.05, 3.63) is 45.6 Å². The molecule has 1 aliphatic rings. The van der Waals surface area contributed by atoms with E-state index in [4.69, 9.17) is 9.47 Å². The van der Waals surface area contributed by atoms with Gasteiger partial charge in [0.25, 0.3) is 0 Å². The van der Waals surface area contributed by atoms with E-state index in [1.54, 1.807) is 16.2 Å². The van der Waals surface area contributed by atoms with Gasteiger partial charge >= 0.3 is 0 Å². The summed E-state index contributed by atoms with van der Waals surface area (Å²) in [6.45, 7) is 10.0. The standard InChI is InChI=1S/C24H32N2O4S/c1-5-17(3)12-25(23(27)6-2)15-24(28)26(14-22-18(4)9-10-31-22)13-19-7-8-20-21(11-19)30-16-29-20/h7-11,17H,5-6,12-16H2,1-4H3/t17-/m1/s1. The zero-order chi connectivity index (χ0) is 22.4. The summed E-state index contributed by atoms with van der Waals surface area (Å²) in [5.74, 6) is 1.76. The van der Waals surface area contributed by atoms with Crippen molar-refractivity contribution in [2.24, 2.45) is 5.92 Å². The van der Waals surface area contributed by atoms with E-state index < -0.39 is 0 Å². The Morgan fingerprint density at radius 1 is 1.06 bits per heavy atom. The van der Waals surface area contributed by atoms with Crippen molar-refractivity contribution in [3.8, 4) is 11.5 Å². The molecule has 1 aromatic carbocycles. The summed E-state index contributed by atoms with van der Waals surface area (Å²) in [4.78, 5) is 30.6. The Balaban J connectivity index is 1.79. The zero-order valence-electron chi connectivity index (χ0n) is 18.8. The molecule has 0 N–H and O–H groups in total. The molecule has 1 atom stereocenters. The zero-order valence-corrected chi connectivity index (χ0v) is 19.7. The maximum atomic E-state index is 13.4. The summed E-state index contributed by atoms with van der Waals surface area (Å²) in [7, 11) is 0. The topological polar surface area (TPSA) is 59.1 Å². The number of thiophene rings is 1. The average molecular weight is 445 g/mol. The van der Waals surface area contributed by atoms with Gasteiger partial charge in [-0.05, 0) is 47.5 Å². The van der Waals surface area contributed by atoms with Crippen LogP contribution in [0.4, 0.5) is 0 Å². The predicted molar refractivity (Wildman–Crippen MR) is 122 cm³/mol. The third-order valence-electron chi connectivity index (χ3n) is 5.68. The molecular formula is C24H32N2O4S. The van der Waals surface area contributed by atoms with E-state index in [1.165, 1.54) is 5.56 Å². The Kier molecular flexibility index (Phi) is 7.96. The van der Waals surface area contributed by atoms with Gasteiger partial charge in [0.05, 0.1) is 13.1 Å². The van der Waals surface area contributed by atoms with E-state index in [9.17, 15) is 9.59 Å². The molecule has 0 unspecified atom stereocenters. The molecule has 2 amide bonds. The number of carbonyl (C=O) groups is 2. The van der Waals surface area contributed by atoms with Crippen LogP contribution in [0.2, 0.25) is 0 Å². The van der Waals surface area contributed by atoms with Crippen molar-refractivity contribution in [3.63, 3.8) is 0 Å². The van der Waals surface area contributed by atoms with Crippen molar-refractivity contribution in [1.29, 1.82) is 0 Å². The Labute approximate surface area is 188 Å². The lowest BCUT2D eigenvalue weighted by Crippen LogP contribution is -2.43. The molecule has 0 saturated carbocycles. The lowest BCUT2D eigenvalue weighted by atomic mass is 10.1. The van der Waals surface area contributed by atoms with Crippen molar-refractivity contribution >= 4 is 23.2 Å². The van der Waals surface area contributed by atoms with Crippen LogP contribution in [0.1, 0.15) is 49.6 Å². The maximum absolute atomic E-state index is 13.4. The van der Waals surface area contributed by atoms with Crippen LogP contribution in [0.3, 0.4) is 0 Å². The van der Waals surface area contributed by atoms with Crippen molar-refractivity contribution < 1.29 is 19.1 Å². The molecule has 168 valence electrons. The molecular weight excluding hydrogens is 412 g/mol. The summed E-state index contributed by atoms with van der Waals surface area (Å²) in [5, 5.41) is 2.05. The van der Waals surface area contributed by atoms with E-state index in [0.29, 0.717) is 37.7 Å². The van der Waals surface area contributed by atoms with Gasteiger partial charge in [-0.25, -0.2) is 0 Å². The fourth-order valence-corrected chi connectivity index (χ4v) is 4.40. The summed E-state index contributed by atoms with van der Waals surface area (Å²) >= 11 is 1.65. The SMILES string of the molecule is CCC(=O)N(CC(=O)N(Cc1ccc2c(c1)OCO2)Cc1sccc1C)C[C@H](C)CC. The maximum Gasteiger partial charge on any atom is 0.242 e. The van der Waals surface area contributed by atoms with Gasteiger partial charge in [0.1, 0.15) is 0 Å². The van der Waals surface area contributed by atoms with Gasteiger partial charge in [-0.1, -0.05) is 33.3 Å². The number of benzene rings is 1. The number of hydrogen-bond acceptors (Lipinski definition) is 5. The Bertz CT molecular complexity index is 911. The second-order valence-electron chi connectivity index (χ2n) is 8.11. The first-order valence-electron chi connectivity index (χ1n) is 10.9. The van der Waals surface area contributed by atoms with Crippen LogP contribution in [0, 0.1) is 12.8 Å². The van der Waals surface area contributed by atoms with Crippen molar-refractivity contribution in [1.82, 2.24) is 9.80 Å². The first-order chi connectivity index (χ1) is 14.9. The van der Waals surface area contributed by atoms with Crippen LogP contribution in [0.15, 0.2) is 29.6 Å². The van der Waals surface area contributed by atoms with E-state index in [-0.39, 0.29) is 25.2 Å². The average Bonchev–Trinajstić information content (AvgIpc) is 3.40. The highest BCUT2D eigenvalue weighted by molar-refractivity contribution is 7.10. The van der Waals surface area contributed by atoms with Crippen LogP contribution in [-0.2, 0) is 22.7 Å². The first kappa shape index (κ1) is 23.1. The second kappa shape index (κ2) is 10.7. The molecule has 0 spiro atoms. The van der Waals surface area contributed by atoms with Crippen molar-refractivity contribution in [2.75, 3.05) is 19.9 Å². The fraction of sp³-hybridized carbons (Fsp3) is 0.500. The highest BCUT2D eigenvalue weighted by Gasteiger charge is 2.23. The number of aryl methyl sites for hydroxylation is 1. The Morgan fingerprint density at radius 2 is 1.84 bits per heavy atom. The number of carbonyl (C=O) groups excluding carboxylic acids is 2. The fourth-order valence-electron chi connectivity index (χ4n) is 3.48. The van der Waals surface area contributed by atoms with E-state index in [0.717, 1.165) is 22.6 Å². The van der Waals surface area contributed by atoms with Gasteiger partial charge in [-0.3, -0.25) is 9.59 Å². The summed E-state index contributed by atoms with van der Waals surface area (Å²) < 4.78 is 10.9. The van der Waals surface area contributed by atoms with Gasteiger partial charge in [0.2, 0.25) is 18.6 Å². The highest BCUT2D eigenvalue weighted by Crippen LogP contribution is 2.33. The monoisotopic (exact) mass is 444 g/mol. The normalized spacial score (nSPS) is 13.2. The molecule has 2 aromatic rings. The number of fused-ring (bicyclic) bond motifs is 1. The van der Waals surface area contributed by atoms with Gasteiger partial charge in [-0.2, -0.15) is 0 Å². The van der Waals surface area contributed by atoms with Gasteiger partial charge in [-0.15, -0.1) is 11.3 Å². The van der Waals surface area contributed by atoms with Crippen molar-refractivity contribution in [2.45, 2.75) is 53.6 Å². The lowest BCUT2D eigenvalue weighted by molar-refractivity contribution is -0.141. The lowest BCUT2D eigenvalue weighted by Gasteiger charge is -2.29. The third kappa shape index (κ3) is 6.00. The van der Waals surface area contributed by atoms with Crippen LogP contribution in [0.5, 0.6) is 11.5 Å². The number of rotatable bonds is 10. The smallest absolute Gasteiger partial charge is 0.242 e. The van der Waals surface area contributed by atoms with Crippen LogP contribution >= 0.6 is 11.3 Å². The summed E-state index contributed by atoms with van der Waals surface area (Å²) in [6.07, 6.45) is 1.37. The molecule has 1 aliphatic heterocycles. The van der Waals surface area contributed by atoms with Crippen LogP contribution in [0.25, 0.3) is 0 Å². The molecule has 3 rings (SSSR count). The minimum Gasteiger partial charge on any atom is -0.454 e. The predicted octanol–water partition coefficient (Wildman–Crippen LogP) is 4.60.